The van der Waals surface area contributed by atoms with Crippen molar-refractivity contribution < 1.29 is 19.1 Å². The predicted molar refractivity (Wildman–Crippen MR) is 126 cm³/mol. The summed E-state index contributed by atoms with van der Waals surface area (Å²) in [6.45, 7) is 4.41. The fraction of sp³-hybridized carbons (Fsp3) is 0.292. The number of aromatic amines is 1. The maximum absolute atomic E-state index is 12.8. The van der Waals surface area contributed by atoms with Gasteiger partial charge in [0.15, 0.2) is 5.75 Å². The molecular weight excluding hydrogens is 422 g/mol. The number of ether oxygens (including phenoxy) is 2. The lowest BCUT2D eigenvalue weighted by Gasteiger charge is -2.24. The van der Waals surface area contributed by atoms with Gasteiger partial charge >= 0.3 is 6.09 Å². The number of alkyl carbamates (subject to hydrolysis) is 1. The summed E-state index contributed by atoms with van der Waals surface area (Å²) in [5, 5.41) is 2.51. The third kappa shape index (κ3) is 6.25. The molecule has 0 saturated heterocycles. The van der Waals surface area contributed by atoms with Crippen molar-refractivity contribution in [1.29, 1.82) is 0 Å². The molecule has 174 valence electrons. The Balaban J connectivity index is 1.74. The van der Waals surface area contributed by atoms with E-state index >= 15 is 0 Å². The SMILES string of the molecule is CCCN(Cc1ncc(-c2ccc(N)c(Oc3ccccc3)c2)[nH]1)C(=O)C(C)NC(=O)OC. The van der Waals surface area contributed by atoms with Crippen LogP contribution < -0.4 is 15.8 Å². The molecule has 0 saturated carbocycles. The Hall–Kier alpha value is -4.01. The van der Waals surface area contributed by atoms with Gasteiger partial charge in [0.1, 0.15) is 17.6 Å². The van der Waals surface area contributed by atoms with Gasteiger partial charge in [-0.25, -0.2) is 9.78 Å². The van der Waals surface area contributed by atoms with Gasteiger partial charge < -0.3 is 30.4 Å². The molecule has 9 heteroatoms. The van der Waals surface area contributed by atoms with Crippen molar-refractivity contribution in [3.8, 4) is 22.8 Å². The highest BCUT2D eigenvalue weighted by atomic mass is 16.5. The van der Waals surface area contributed by atoms with Crippen LogP contribution in [0.15, 0.2) is 54.7 Å². The summed E-state index contributed by atoms with van der Waals surface area (Å²) in [5.41, 5.74) is 8.24. The summed E-state index contributed by atoms with van der Waals surface area (Å²) in [6.07, 6.45) is 1.82. The van der Waals surface area contributed by atoms with E-state index in [-0.39, 0.29) is 12.5 Å². The number of hydrogen-bond donors (Lipinski definition) is 3. The number of nitrogens with two attached hydrogens (primary N) is 1. The van der Waals surface area contributed by atoms with Gasteiger partial charge in [-0.05, 0) is 37.6 Å². The average molecular weight is 452 g/mol. The molecule has 2 aromatic carbocycles. The van der Waals surface area contributed by atoms with E-state index in [1.807, 2.05) is 49.4 Å². The molecule has 1 aromatic heterocycles. The van der Waals surface area contributed by atoms with Gasteiger partial charge in [-0.1, -0.05) is 31.2 Å². The van der Waals surface area contributed by atoms with E-state index in [4.69, 9.17) is 10.5 Å². The zero-order valence-electron chi connectivity index (χ0n) is 19.0. The number of methoxy groups -OCH3 is 1. The number of H-pyrrole nitrogens is 1. The third-order valence-corrected chi connectivity index (χ3v) is 4.96. The van der Waals surface area contributed by atoms with E-state index in [1.165, 1.54) is 7.11 Å². The first-order chi connectivity index (χ1) is 15.9. The molecule has 2 amide bonds. The van der Waals surface area contributed by atoms with E-state index in [9.17, 15) is 9.59 Å². The van der Waals surface area contributed by atoms with Crippen molar-refractivity contribution >= 4 is 17.7 Å². The van der Waals surface area contributed by atoms with E-state index in [0.717, 1.165) is 17.7 Å². The van der Waals surface area contributed by atoms with E-state index in [0.29, 0.717) is 29.6 Å². The molecule has 33 heavy (non-hydrogen) atoms. The van der Waals surface area contributed by atoms with Crippen LogP contribution in [0.4, 0.5) is 10.5 Å². The minimum atomic E-state index is -0.715. The number of carbonyl (C=O) groups excluding carboxylic acids is 2. The quantitative estimate of drug-likeness (QED) is 0.424. The van der Waals surface area contributed by atoms with Crippen molar-refractivity contribution in [1.82, 2.24) is 20.2 Å². The van der Waals surface area contributed by atoms with Crippen molar-refractivity contribution in [2.24, 2.45) is 0 Å². The zero-order chi connectivity index (χ0) is 23.8. The monoisotopic (exact) mass is 451 g/mol. The second-order valence-corrected chi connectivity index (χ2v) is 7.53. The molecule has 0 aliphatic rings. The molecule has 3 rings (SSSR count). The van der Waals surface area contributed by atoms with Crippen LogP contribution in [0.1, 0.15) is 26.1 Å². The Bertz CT molecular complexity index is 1080. The molecule has 9 nitrogen and oxygen atoms in total. The standard InChI is InChI=1S/C24H29N5O4/c1-4-12-29(23(30)16(2)27-24(31)32-3)15-22-26-14-20(28-22)17-10-11-19(25)21(13-17)33-18-8-6-5-7-9-18/h5-11,13-14,16H,4,12,15,25H2,1-3H3,(H,26,28)(H,27,31). The number of amides is 2. The van der Waals surface area contributed by atoms with Crippen LogP contribution in [0.25, 0.3) is 11.3 Å². The first-order valence-electron chi connectivity index (χ1n) is 10.7. The number of rotatable bonds is 9. The summed E-state index contributed by atoms with van der Waals surface area (Å²) in [5.74, 6) is 1.64. The number of para-hydroxylation sites is 1. The lowest BCUT2D eigenvalue weighted by Crippen LogP contribution is -2.47. The minimum Gasteiger partial charge on any atom is -0.455 e. The zero-order valence-corrected chi connectivity index (χ0v) is 19.0. The van der Waals surface area contributed by atoms with Gasteiger partial charge in [-0.3, -0.25) is 4.79 Å². The molecule has 0 bridgehead atoms. The topological polar surface area (TPSA) is 123 Å². The normalized spacial score (nSPS) is 11.5. The number of anilines is 1. The van der Waals surface area contributed by atoms with E-state index in [1.54, 1.807) is 24.1 Å². The molecule has 0 aliphatic heterocycles. The van der Waals surface area contributed by atoms with E-state index < -0.39 is 12.1 Å². The number of carbonyl (C=O) groups is 2. The molecule has 0 fully saturated rings. The molecule has 0 radical (unpaired) electrons. The van der Waals surface area contributed by atoms with Crippen LogP contribution >= 0.6 is 0 Å². The van der Waals surface area contributed by atoms with Crippen molar-refractivity contribution in [3.05, 3.63) is 60.6 Å². The van der Waals surface area contributed by atoms with Crippen LogP contribution in [0, 0.1) is 0 Å². The second kappa shape index (κ2) is 11.0. The Kier molecular flexibility index (Phi) is 7.91. The molecule has 0 spiro atoms. The lowest BCUT2D eigenvalue weighted by atomic mass is 10.1. The van der Waals surface area contributed by atoms with Gasteiger partial charge in [0.2, 0.25) is 5.91 Å². The third-order valence-electron chi connectivity index (χ3n) is 4.96. The first-order valence-corrected chi connectivity index (χ1v) is 10.7. The fourth-order valence-corrected chi connectivity index (χ4v) is 3.28. The lowest BCUT2D eigenvalue weighted by molar-refractivity contribution is -0.133. The van der Waals surface area contributed by atoms with Gasteiger partial charge in [0.05, 0.1) is 31.2 Å². The van der Waals surface area contributed by atoms with Gasteiger partial charge in [-0.15, -0.1) is 0 Å². The highest BCUT2D eigenvalue weighted by Gasteiger charge is 2.23. The second-order valence-electron chi connectivity index (χ2n) is 7.53. The molecule has 1 unspecified atom stereocenters. The highest BCUT2D eigenvalue weighted by Crippen LogP contribution is 2.31. The Labute approximate surface area is 192 Å². The number of hydrogen-bond acceptors (Lipinski definition) is 6. The highest BCUT2D eigenvalue weighted by molar-refractivity contribution is 5.85. The summed E-state index contributed by atoms with van der Waals surface area (Å²) in [6, 6.07) is 14.2. The molecule has 4 N–H and O–H groups in total. The van der Waals surface area contributed by atoms with Gasteiger partial charge in [0, 0.05) is 12.1 Å². The van der Waals surface area contributed by atoms with Crippen LogP contribution in [-0.4, -0.2) is 46.6 Å². The molecule has 1 atom stereocenters. The fourth-order valence-electron chi connectivity index (χ4n) is 3.28. The maximum Gasteiger partial charge on any atom is 0.407 e. The smallest absolute Gasteiger partial charge is 0.407 e. The van der Waals surface area contributed by atoms with Crippen molar-refractivity contribution in [3.63, 3.8) is 0 Å². The van der Waals surface area contributed by atoms with Crippen molar-refractivity contribution in [2.75, 3.05) is 19.4 Å². The Morgan fingerprint density at radius 1 is 1.21 bits per heavy atom. The molecule has 1 heterocycles. The van der Waals surface area contributed by atoms with Crippen LogP contribution in [0.2, 0.25) is 0 Å². The minimum absolute atomic E-state index is 0.216. The molecule has 3 aromatic rings. The predicted octanol–water partition coefficient (Wildman–Crippen LogP) is 3.93. The number of nitrogens with one attached hydrogen (secondary N) is 2. The maximum atomic E-state index is 12.8. The summed E-state index contributed by atoms with van der Waals surface area (Å²) in [4.78, 5) is 33.6. The molecular formula is C24H29N5O4. The average Bonchev–Trinajstić information content (AvgIpc) is 3.29. The van der Waals surface area contributed by atoms with Crippen LogP contribution in [-0.2, 0) is 16.1 Å². The van der Waals surface area contributed by atoms with Crippen LogP contribution in [0.3, 0.4) is 0 Å². The number of imidazole rings is 1. The summed E-state index contributed by atoms with van der Waals surface area (Å²) >= 11 is 0. The van der Waals surface area contributed by atoms with Crippen LogP contribution in [0.5, 0.6) is 11.5 Å². The van der Waals surface area contributed by atoms with Gasteiger partial charge in [0.25, 0.3) is 0 Å². The van der Waals surface area contributed by atoms with Crippen molar-refractivity contribution in [2.45, 2.75) is 32.9 Å². The number of aromatic nitrogens is 2. The largest absolute Gasteiger partial charge is 0.455 e. The summed E-state index contributed by atoms with van der Waals surface area (Å²) in [7, 11) is 1.26. The number of nitrogen functional groups attached to an aromatic ring is 1. The summed E-state index contributed by atoms with van der Waals surface area (Å²) < 4.78 is 10.5. The number of benzene rings is 2. The van der Waals surface area contributed by atoms with Gasteiger partial charge in [-0.2, -0.15) is 0 Å². The number of nitrogens with zero attached hydrogens (tertiary/aromatic N) is 2. The van der Waals surface area contributed by atoms with E-state index in [2.05, 4.69) is 20.0 Å². The Morgan fingerprint density at radius 2 is 1.97 bits per heavy atom. The Morgan fingerprint density at radius 3 is 2.67 bits per heavy atom. The first kappa shape index (κ1) is 23.6. The molecule has 0 aliphatic carbocycles.